The number of anilines is 3. The Hall–Kier alpha value is -3.67. The van der Waals surface area contributed by atoms with Gasteiger partial charge < -0.3 is 15.1 Å². The molecule has 142 valence electrons. The summed E-state index contributed by atoms with van der Waals surface area (Å²) in [4.78, 5) is 33.0. The largest absolute Gasteiger partial charge is 0.378 e. The van der Waals surface area contributed by atoms with E-state index in [0.29, 0.717) is 5.69 Å². The molecule has 0 saturated heterocycles. The molecule has 2 aromatic carbocycles. The van der Waals surface area contributed by atoms with Crippen molar-refractivity contribution in [1.82, 2.24) is 4.98 Å². The van der Waals surface area contributed by atoms with Crippen molar-refractivity contribution in [2.45, 2.75) is 0 Å². The van der Waals surface area contributed by atoms with Crippen LogP contribution < -0.4 is 15.1 Å². The monoisotopic (exact) mass is 374 g/mol. The first-order valence-corrected chi connectivity index (χ1v) is 8.84. The van der Waals surface area contributed by atoms with Gasteiger partial charge in [0, 0.05) is 38.2 Å². The van der Waals surface area contributed by atoms with Gasteiger partial charge in [0.1, 0.15) is 11.4 Å². The van der Waals surface area contributed by atoms with E-state index in [9.17, 15) is 9.59 Å². The summed E-state index contributed by atoms with van der Waals surface area (Å²) in [6.07, 6.45) is 0. The van der Waals surface area contributed by atoms with Crippen LogP contribution >= 0.6 is 0 Å². The van der Waals surface area contributed by atoms with E-state index in [0.717, 1.165) is 11.4 Å². The third-order valence-electron chi connectivity index (χ3n) is 4.29. The molecule has 0 radical (unpaired) electrons. The standard InChI is InChI=1S/C22H22N4O2/c1-25(2)17-14-12-16(13-15-17)23-21(27)19-10-7-11-20(24-19)22(28)26(3)18-8-5-4-6-9-18/h4-15H,1-3H3,(H,23,27). The van der Waals surface area contributed by atoms with Crippen molar-refractivity contribution >= 4 is 28.9 Å². The molecular formula is C22H22N4O2. The second kappa shape index (κ2) is 8.35. The number of amides is 2. The molecule has 2 amide bonds. The third-order valence-corrected chi connectivity index (χ3v) is 4.29. The van der Waals surface area contributed by atoms with Crippen LogP contribution in [0.3, 0.4) is 0 Å². The van der Waals surface area contributed by atoms with E-state index in [2.05, 4.69) is 10.3 Å². The molecule has 0 unspecified atom stereocenters. The molecule has 0 atom stereocenters. The van der Waals surface area contributed by atoms with Crippen molar-refractivity contribution in [3.8, 4) is 0 Å². The molecule has 1 heterocycles. The number of carbonyl (C=O) groups is 2. The van der Waals surface area contributed by atoms with Crippen LogP contribution in [0.1, 0.15) is 21.0 Å². The molecule has 0 aliphatic rings. The first-order chi connectivity index (χ1) is 13.5. The third kappa shape index (κ3) is 4.35. The number of hydrogen-bond acceptors (Lipinski definition) is 4. The Labute approximate surface area is 164 Å². The second-order valence-corrected chi connectivity index (χ2v) is 6.50. The van der Waals surface area contributed by atoms with E-state index < -0.39 is 0 Å². The minimum Gasteiger partial charge on any atom is -0.378 e. The smallest absolute Gasteiger partial charge is 0.276 e. The summed E-state index contributed by atoms with van der Waals surface area (Å²) in [6.45, 7) is 0. The molecule has 0 bridgehead atoms. The lowest BCUT2D eigenvalue weighted by molar-refractivity contribution is 0.0988. The van der Waals surface area contributed by atoms with Crippen LogP contribution in [0.2, 0.25) is 0 Å². The zero-order valence-corrected chi connectivity index (χ0v) is 16.1. The molecule has 0 aliphatic carbocycles. The minimum atomic E-state index is -0.366. The number of hydrogen-bond donors (Lipinski definition) is 1. The Balaban J connectivity index is 1.75. The summed E-state index contributed by atoms with van der Waals surface area (Å²) in [5.41, 5.74) is 2.85. The Kier molecular flexibility index (Phi) is 5.69. The van der Waals surface area contributed by atoms with Gasteiger partial charge in [-0.25, -0.2) is 4.98 Å². The average Bonchev–Trinajstić information content (AvgIpc) is 2.73. The summed E-state index contributed by atoms with van der Waals surface area (Å²) < 4.78 is 0. The van der Waals surface area contributed by atoms with Gasteiger partial charge in [-0.2, -0.15) is 0 Å². The maximum Gasteiger partial charge on any atom is 0.276 e. The van der Waals surface area contributed by atoms with Gasteiger partial charge in [-0.1, -0.05) is 24.3 Å². The number of benzene rings is 2. The molecule has 3 rings (SSSR count). The highest BCUT2D eigenvalue weighted by molar-refractivity contribution is 6.07. The van der Waals surface area contributed by atoms with Crippen LogP contribution in [0.25, 0.3) is 0 Å². The second-order valence-electron chi connectivity index (χ2n) is 6.50. The molecule has 28 heavy (non-hydrogen) atoms. The summed E-state index contributed by atoms with van der Waals surface area (Å²) in [7, 11) is 5.58. The molecule has 0 saturated carbocycles. The summed E-state index contributed by atoms with van der Waals surface area (Å²) in [6, 6.07) is 21.6. The van der Waals surface area contributed by atoms with Gasteiger partial charge in [0.25, 0.3) is 11.8 Å². The van der Waals surface area contributed by atoms with E-state index in [1.807, 2.05) is 73.6 Å². The summed E-state index contributed by atoms with van der Waals surface area (Å²) >= 11 is 0. The molecule has 1 N–H and O–H groups in total. The highest BCUT2D eigenvalue weighted by Crippen LogP contribution is 2.17. The number of nitrogens with zero attached hydrogens (tertiary/aromatic N) is 3. The van der Waals surface area contributed by atoms with E-state index in [-0.39, 0.29) is 23.2 Å². The Bertz CT molecular complexity index is 969. The SMILES string of the molecule is CN(C)c1ccc(NC(=O)c2cccc(C(=O)N(C)c3ccccc3)n2)cc1. The van der Waals surface area contributed by atoms with Crippen molar-refractivity contribution in [1.29, 1.82) is 0 Å². The highest BCUT2D eigenvalue weighted by Gasteiger charge is 2.17. The van der Waals surface area contributed by atoms with Crippen molar-refractivity contribution < 1.29 is 9.59 Å². The molecule has 3 aromatic rings. The number of aromatic nitrogens is 1. The Morgan fingerprint density at radius 2 is 1.39 bits per heavy atom. The van der Waals surface area contributed by atoms with Crippen LogP contribution in [0.15, 0.2) is 72.8 Å². The van der Waals surface area contributed by atoms with Crippen LogP contribution in [-0.2, 0) is 0 Å². The lowest BCUT2D eigenvalue weighted by Crippen LogP contribution is -2.27. The molecule has 0 spiro atoms. The van der Waals surface area contributed by atoms with Crippen molar-refractivity contribution in [3.63, 3.8) is 0 Å². The number of para-hydroxylation sites is 1. The van der Waals surface area contributed by atoms with Crippen LogP contribution in [0, 0.1) is 0 Å². The molecular weight excluding hydrogens is 352 g/mol. The van der Waals surface area contributed by atoms with Gasteiger partial charge in [0.2, 0.25) is 0 Å². The maximum atomic E-state index is 12.7. The first-order valence-electron chi connectivity index (χ1n) is 8.84. The molecule has 0 fully saturated rings. The van der Waals surface area contributed by atoms with Gasteiger partial charge in [-0.15, -0.1) is 0 Å². The zero-order valence-electron chi connectivity index (χ0n) is 16.1. The van der Waals surface area contributed by atoms with Crippen LogP contribution in [0.4, 0.5) is 17.1 Å². The fourth-order valence-electron chi connectivity index (χ4n) is 2.66. The quantitative estimate of drug-likeness (QED) is 0.740. The number of pyridine rings is 1. The number of nitrogens with one attached hydrogen (secondary N) is 1. The van der Waals surface area contributed by atoms with Gasteiger partial charge >= 0.3 is 0 Å². The van der Waals surface area contributed by atoms with Crippen LogP contribution in [-0.4, -0.2) is 37.9 Å². The highest BCUT2D eigenvalue weighted by atomic mass is 16.2. The van der Waals surface area contributed by atoms with E-state index in [4.69, 9.17) is 0 Å². The van der Waals surface area contributed by atoms with Crippen molar-refractivity contribution in [3.05, 3.63) is 84.2 Å². The van der Waals surface area contributed by atoms with Crippen molar-refractivity contribution in [2.24, 2.45) is 0 Å². The van der Waals surface area contributed by atoms with Gasteiger partial charge in [-0.3, -0.25) is 9.59 Å². The summed E-state index contributed by atoms with van der Waals surface area (Å²) in [5, 5.41) is 2.81. The molecule has 1 aromatic heterocycles. The van der Waals surface area contributed by atoms with Gasteiger partial charge in [0.15, 0.2) is 0 Å². The van der Waals surface area contributed by atoms with E-state index >= 15 is 0 Å². The maximum absolute atomic E-state index is 12.7. The Morgan fingerprint density at radius 1 is 0.750 bits per heavy atom. The normalized spacial score (nSPS) is 10.2. The predicted octanol–water partition coefficient (Wildman–Crippen LogP) is 3.68. The van der Waals surface area contributed by atoms with Gasteiger partial charge in [-0.05, 0) is 48.5 Å². The lowest BCUT2D eigenvalue weighted by Gasteiger charge is -2.17. The summed E-state index contributed by atoms with van der Waals surface area (Å²) in [5.74, 6) is -0.647. The number of carbonyl (C=O) groups excluding carboxylic acids is 2. The van der Waals surface area contributed by atoms with E-state index in [1.165, 1.54) is 4.90 Å². The average molecular weight is 374 g/mol. The number of rotatable bonds is 5. The molecule has 0 aliphatic heterocycles. The van der Waals surface area contributed by atoms with Crippen LogP contribution in [0.5, 0.6) is 0 Å². The molecule has 6 nitrogen and oxygen atoms in total. The molecule has 6 heteroatoms. The Morgan fingerprint density at radius 3 is 2.04 bits per heavy atom. The fourth-order valence-corrected chi connectivity index (χ4v) is 2.66. The predicted molar refractivity (Wildman–Crippen MR) is 112 cm³/mol. The zero-order chi connectivity index (χ0) is 20.1. The first kappa shape index (κ1) is 19.1. The fraction of sp³-hybridized carbons (Fsp3) is 0.136. The topological polar surface area (TPSA) is 65.5 Å². The van der Waals surface area contributed by atoms with E-state index in [1.54, 1.807) is 25.2 Å². The minimum absolute atomic E-state index is 0.184. The van der Waals surface area contributed by atoms with Crippen molar-refractivity contribution in [2.75, 3.05) is 36.3 Å². The lowest BCUT2D eigenvalue weighted by atomic mass is 10.2. The van der Waals surface area contributed by atoms with Gasteiger partial charge in [0.05, 0.1) is 0 Å².